The van der Waals surface area contributed by atoms with Crippen LogP contribution in [0.25, 0.3) is 11.5 Å². The quantitative estimate of drug-likeness (QED) is 0.680. The van der Waals surface area contributed by atoms with E-state index in [0.29, 0.717) is 11.1 Å². The molecule has 3 rings (SSSR count). The molecule has 1 aromatic carbocycles. The summed E-state index contributed by atoms with van der Waals surface area (Å²) in [5.41, 5.74) is 4.42. The molecular formula is C16H15N3OS. The number of aryl methyl sites for hydroxylation is 2. The maximum atomic E-state index is 5.70. The summed E-state index contributed by atoms with van der Waals surface area (Å²) in [4.78, 5) is 4.27. The Kier molecular flexibility index (Phi) is 4.01. The molecule has 0 aliphatic carbocycles. The molecule has 0 aliphatic heterocycles. The third kappa shape index (κ3) is 3.31. The second kappa shape index (κ2) is 6.10. The Labute approximate surface area is 127 Å². The molecule has 0 saturated carbocycles. The predicted molar refractivity (Wildman–Crippen MR) is 83.0 cm³/mol. The molecule has 106 valence electrons. The fraction of sp³-hybridized carbons (Fsp3) is 0.188. The van der Waals surface area contributed by atoms with E-state index in [9.17, 15) is 0 Å². The second-order valence-corrected chi connectivity index (χ2v) is 5.71. The van der Waals surface area contributed by atoms with Crippen LogP contribution in [0.3, 0.4) is 0 Å². The Hall–Kier alpha value is -2.14. The summed E-state index contributed by atoms with van der Waals surface area (Å²) < 4.78 is 5.70. The van der Waals surface area contributed by atoms with Gasteiger partial charge in [0.05, 0.1) is 5.69 Å². The van der Waals surface area contributed by atoms with Crippen LogP contribution < -0.4 is 0 Å². The van der Waals surface area contributed by atoms with Gasteiger partial charge in [0.1, 0.15) is 0 Å². The minimum atomic E-state index is 0.557. The summed E-state index contributed by atoms with van der Waals surface area (Å²) in [5, 5.41) is 8.75. The smallest absolute Gasteiger partial charge is 0.277 e. The van der Waals surface area contributed by atoms with E-state index in [0.717, 1.165) is 17.0 Å². The van der Waals surface area contributed by atoms with Crippen LogP contribution in [0.15, 0.2) is 52.2 Å². The van der Waals surface area contributed by atoms with Crippen molar-refractivity contribution in [2.75, 3.05) is 0 Å². The molecule has 0 atom stereocenters. The molecule has 0 unspecified atom stereocenters. The highest BCUT2D eigenvalue weighted by atomic mass is 32.2. The van der Waals surface area contributed by atoms with Crippen molar-refractivity contribution in [1.82, 2.24) is 15.2 Å². The number of pyridine rings is 1. The second-order valence-electron chi connectivity index (χ2n) is 4.78. The van der Waals surface area contributed by atoms with Gasteiger partial charge in [0.2, 0.25) is 5.89 Å². The molecule has 3 aromatic rings. The number of hydrogen-bond acceptors (Lipinski definition) is 5. The maximum absolute atomic E-state index is 5.70. The number of benzene rings is 1. The number of aromatic nitrogens is 3. The van der Waals surface area contributed by atoms with Gasteiger partial charge in [-0.3, -0.25) is 4.98 Å². The lowest BCUT2D eigenvalue weighted by Gasteiger charge is -2.00. The third-order valence-corrected chi connectivity index (χ3v) is 4.08. The average Bonchev–Trinajstić information content (AvgIpc) is 2.98. The van der Waals surface area contributed by atoms with Crippen LogP contribution in [0.1, 0.15) is 16.8 Å². The van der Waals surface area contributed by atoms with E-state index in [1.807, 2.05) is 24.3 Å². The Morgan fingerprint density at radius 2 is 1.95 bits per heavy atom. The monoisotopic (exact) mass is 297 g/mol. The molecule has 0 saturated heterocycles. The molecule has 0 bridgehead atoms. The molecule has 2 aromatic heterocycles. The zero-order valence-electron chi connectivity index (χ0n) is 11.9. The van der Waals surface area contributed by atoms with Crippen molar-refractivity contribution in [3.8, 4) is 11.5 Å². The van der Waals surface area contributed by atoms with Crippen LogP contribution in [-0.4, -0.2) is 15.2 Å². The first-order chi connectivity index (χ1) is 10.2. The van der Waals surface area contributed by atoms with Crippen LogP contribution in [0, 0.1) is 13.8 Å². The predicted octanol–water partition coefficient (Wildman–Crippen LogP) is 4.04. The Balaban J connectivity index is 1.72. The van der Waals surface area contributed by atoms with Gasteiger partial charge in [-0.15, -0.1) is 10.2 Å². The molecule has 4 nitrogen and oxygen atoms in total. The Morgan fingerprint density at radius 1 is 1.05 bits per heavy atom. The van der Waals surface area contributed by atoms with Crippen LogP contribution in [0.4, 0.5) is 0 Å². The van der Waals surface area contributed by atoms with E-state index in [1.165, 1.54) is 22.9 Å². The lowest BCUT2D eigenvalue weighted by Crippen LogP contribution is -1.84. The van der Waals surface area contributed by atoms with Gasteiger partial charge in [0.15, 0.2) is 0 Å². The van der Waals surface area contributed by atoms with E-state index in [2.05, 4.69) is 41.2 Å². The average molecular weight is 297 g/mol. The largest absolute Gasteiger partial charge is 0.411 e. The molecular weight excluding hydrogens is 282 g/mol. The number of nitrogens with zero attached hydrogens (tertiary/aromatic N) is 3. The maximum Gasteiger partial charge on any atom is 0.277 e. The van der Waals surface area contributed by atoms with Crippen molar-refractivity contribution in [1.29, 1.82) is 0 Å². The summed E-state index contributed by atoms with van der Waals surface area (Å²) in [5.74, 6) is 1.27. The van der Waals surface area contributed by atoms with Gasteiger partial charge < -0.3 is 4.42 Å². The fourth-order valence-electron chi connectivity index (χ4n) is 1.88. The van der Waals surface area contributed by atoms with Crippen molar-refractivity contribution >= 4 is 11.8 Å². The van der Waals surface area contributed by atoms with Gasteiger partial charge in [-0.05, 0) is 49.2 Å². The third-order valence-electron chi connectivity index (χ3n) is 3.23. The molecule has 2 heterocycles. The summed E-state index contributed by atoms with van der Waals surface area (Å²) in [6, 6.07) is 12.0. The van der Waals surface area contributed by atoms with Gasteiger partial charge in [-0.25, -0.2) is 0 Å². The number of thioether (sulfide) groups is 1. The normalized spacial score (nSPS) is 10.8. The molecule has 0 fully saturated rings. The zero-order valence-corrected chi connectivity index (χ0v) is 12.7. The van der Waals surface area contributed by atoms with E-state index in [-0.39, 0.29) is 0 Å². The van der Waals surface area contributed by atoms with Gasteiger partial charge in [0, 0.05) is 17.5 Å². The first kappa shape index (κ1) is 13.8. The van der Waals surface area contributed by atoms with E-state index in [1.54, 1.807) is 6.20 Å². The zero-order chi connectivity index (χ0) is 14.7. The summed E-state index contributed by atoms with van der Waals surface area (Å²) in [7, 11) is 0. The van der Waals surface area contributed by atoms with E-state index in [4.69, 9.17) is 4.42 Å². The van der Waals surface area contributed by atoms with Gasteiger partial charge in [0.25, 0.3) is 5.22 Å². The SMILES string of the molecule is Cc1ccc(-c2nnc(SCc3ccccn3)o2)cc1C. The van der Waals surface area contributed by atoms with Gasteiger partial charge in [-0.2, -0.15) is 0 Å². The Bertz CT molecular complexity index is 740. The highest BCUT2D eigenvalue weighted by molar-refractivity contribution is 7.98. The van der Waals surface area contributed by atoms with E-state index < -0.39 is 0 Å². The first-order valence-corrected chi connectivity index (χ1v) is 7.65. The van der Waals surface area contributed by atoms with E-state index >= 15 is 0 Å². The van der Waals surface area contributed by atoms with Crippen molar-refractivity contribution in [2.45, 2.75) is 24.8 Å². The van der Waals surface area contributed by atoms with Crippen molar-refractivity contribution in [3.63, 3.8) is 0 Å². The number of hydrogen-bond donors (Lipinski definition) is 0. The molecule has 5 heteroatoms. The first-order valence-electron chi connectivity index (χ1n) is 6.66. The van der Waals surface area contributed by atoms with Gasteiger partial charge >= 0.3 is 0 Å². The summed E-state index contributed by atoms with van der Waals surface area (Å²) in [6.45, 7) is 4.16. The summed E-state index contributed by atoms with van der Waals surface area (Å²) in [6.07, 6.45) is 1.78. The topological polar surface area (TPSA) is 51.8 Å². The minimum Gasteiger partial charge on any atom is -0.411 e. The van der Waals surface area contributed by atoms with Crippen molar-refractivity contribution in [3.05, 3.63) is 59.4 Å². The molecule has 0 radical (unpaired) electrons. The minimum absolute atomic E-state index is 0.557. The molecule has 0 amide bonds. The Morgan fingerprint density at radius 3 is 2.71 bits per heavy atom. The van der Waals surface area contributed by atoms with Crippen LogP contribution >= 0.6 is 11.8 Å². The fourth-order valence-corrected chi connectivity index (χ4v) is 2.56. The van der Waals surface area contributed by atoms with Crippen LogP contribution in [0.5, 0.6) is 0 Å². The standard InChI is InChI=1S/C16H15N3OS/c1-11-6-7-13(9-12(11)2)15-18-19-16(20-15)21-10-14-5-3-4-8-17-14/h3-9H,10H2,1-2H3. The van der Waals surface area contributed by atoms with Crippen LogP contribution in [0.2, 0.25) is 0 Å². The van der Waals surface area contributed by atoms with Gasteiger partial charge in [-0.1, -0.05) is 23.9 Å². The highest BCUT2D eigenvalue weighted by Crippen LogP contribution is 2.26. The molecule has 0 spiro atoms. The highest BCUT2D eigenvalue weighted by Gasteiger charge is 2.10. The molecule has 0 N–H and O–H groups in total. The number of rotatable bonds is 4. The van der Waals surface area contributed by atoms with Crippen molar-refractivity contribution in [2.24, 2.45) is 0 Å². The van der Waals surface area contributed by atoms with Crippen molar-refractivity contribution < 1.29 is 4.42 Å². The lowest BCUT2D eigenvalue weighted by atomic mass is 10.1. The molecule has 21 heavy (non-hydrogen) atoms. The molecule has 0 aliphatic rings. The summed E-state index contributed by atoms with van der Waals surface area (Å²) >= 11 is 1.49. The van der Waals surface area contributed by atoms with Crippen LogP contribution in [-0.2, 0) is 5.75 Å². The lowest BCUT2D eigenvalue weighted by molar-refractivity contribution is 0.465.